The highest BCUT2D eigenvalue weighted by atomic mass is 79.9. The van der Waals surface area contributed by atoms with Crippen LogP contribution >= 0.6 is 15.9 Å². The average molecular weight is 318 g/mol. The van der Waals surface area contributed by atoms with Crippen molar-refractivity contribution >= 4 is 26.0 Å². The van der Waals surface area contributed by atoms with E-state index in [1.165, 1.54) is 5.56 Å². The van der Waals surface area contributed by atoms with E-state index < -0.39 is 15.3 Å². The van der Waals surface area contributed by atoms with Crippen LogP contribution in [0.2, 0.25) is 0 Å². The average Bonchev–Trinajstić information content (AvgIpc) is 2.55. The largest absolute Gasteiger partial charge is 0.214 e. The molecule has 1 N–H and O–H groups in total. The lowest BCUT2D eigenvalue weighted by Crippen LogP contribution is -2.36. The van der Waals surface area contributed by atoms with Gasteiger partial charge in [0, 0.05) is 4.83 Å². The van der Waals surface area contributed by atoms with Crippen LogP contribution < -0.4 is 4.72 Å². The van der Waals surface area contributed by atoms with Gasteiger partial charge in [-0.3, -0.25) is 0 Å². The number of benzene rings is 1. The molecule has 1 aliphatic carbocycles. The van der Waals surface area contributed by atoms with Crippen LogP contribution in [0.5, 0.6) is 0 Å². The molecule has 1 aliphatic rings. The summed E-state index contributed by atoms with van der Waals surface area (Å²) in [5.74, 6) is 0. The van der Waals surface area contributed by atoms with Crippen molar-refractivity contribution in [1.82, 2.24) is 4.72 Å². The first-order valence-electron chi connectivity index (χ1n) is 5.65. The van der Waals surface area contributed by atoms with Crippen molar-refractivity contribution in [1.29, 1.82) is 0 Å². The molecule has 0 saturated carbocycles. The molecule has 0 spiro atoms. The van der Waals surface area contributed by atoms with E-state index in [1.54, 1.807) is 13.8 Å². The van der Waals surface area contributed by atoms with Gasteiger partial charge in [0.05, 0.1) is 11.3 Å². The van der Waals surface area contributed by atoms with Crippen LogP contribution in [0.1, 0.15) is 31.0 Å². The van der Waals surface area contributed by atoms with Crippen LogP contribution in [-0.2, 0) is 16.4 Å². The molecule has 0 amide bonds. The van der Waals surface area contributed by atoms with Gasteiger partial charge in [0.2, 0.25) is 10.0 Å². The van der Waals surface area contributed by atoms with Crippen LogP contribution in [0.4, 0.5) is 0 Å². The molecule has 0 aliphatic heterocycles. The van der Waals surface area contributed by atoms with Gasteiger partial charge in [-0.15, -0.1) is 0 Å². The third-order valence-corrected chi connectivity index (χ3v) is 5.75. The molecule has 17 heavy (non-hydrogen) atoms. The van der Waals surface area contributed by atoms with Crippen LogP contribution in [0.3, 0.4) is 0 Å². The van der Waals surface area contributed by atoms with Crippen LogP contribution in [0.25, 0.3) is 0 Å². The van der Waals surface area contributed by atoms with Crippen molar-refractivity contribution in [3.63, 3.8) is 0 Å². The first-order valence-corrected chi connectivity index (χ1v) is 8.11. The minimum Gasteiger partial charge on any atom is -0.212 e. The van der Waals surface area contributed by atoms with Crippen molar-refractivity contribution in [2.45, 2.75) is 36.4 Å². The molecule has 94 valence electrons. The smallest absolute Gasteiger partial charge is 0.212 e. The zero-order chi connectivity index (χ0) is 12.6. The van der Waals surface area contributed by atoms with Crippen molar-refractivity contribution in [3.8, 4) is 0 Å². The van der Waals surface area contributed by atoms with Gasteiger partial charge in [-0.1, -0.05) is 40.2 Å². The van der Waals surface area contributed by atoms with E-state index in [9.17, 15) is 8.42 Å². The van der Waals surface area contributed by atoms with Gasteiger partial charge in [-0.2, -0.15) is 0 Å². The molecule has 0 radical (unpaired) electrons. The van der Waals surface area contributed by atoms with E-state index in [2.05, 4.69) is 20.7 Å². The molecule has 2 rings (SSSR count). The molecule has 3 nitrogen and oxygen atoms in total. The number of rotatable bonds is 3. The van der Waals surface area contributed by atoms with E-state index >= 15 is 0 Å². The third kappa shape index (κ3) is 2.56. The maximum atomic E-state index is 11.9. The summed E-state index contributed by atoms with van der Waals surface area (Å²) in [6.07, 6.45) is 0.863. The minimum atomic E-state index is -3.24. The fraction of sp³-hybridized carbons (Fsp3) is 0.500. The quantitative estimate of drug-likeness (QED) is 0.870. The second-order valence-electron chi connectivity index (χ2n) is 4.61. The van der Waals surface area contributed by atoms with Gasteiger partial charge in [0.25, 0.3) is 0 Å². The summed E-state index contributed by atoms with van der Waals surface area (Å²) in [6.45, 7) is 3.37. The van der Waals surface area contributed by atoms with Gasteiger partial charge in [0.1, 0.15) is 0 Å². The Morgan fingerprint density at radius 3 is 2.65 bits per heavy atom. The van der Waals surface area contributed by atoms with E-state index in [4.69, 9.17) is 0 Å². The van der Waals surface area contributed by atoms with E-state index in [1.807, 2.05) is 24.3 Å². The van der Waals surface area contributed by atoms with Crippen molar-refractivity contribution in [2.75, 3.05) is 0 Å². The maximum Gasteiger partial charge on any atom is 0.214 e. The Kier molecular flexibility index (Phi) is 3.61. The predicted octanol–water partition coefficient (Wildman–Crippen LogP) is 2.38. The summed E-state index contributed by atoms with van der Waals surface area (Å²) in [7, 11) is -3.24. The van der Waals surface area contributed by atoms with Gasteiger partial charge >= 0.3 is 0 Å². The fourth-order valence-electron chi connectivity index (χ4n) is 2.00. The summed E-state index contributed by atoms with van der Waals surface area (Å²) < 4.78 is 26.6. The normalized spacial score (nSPS) is 24.0. The summed E-state index contributed by atoms with van der Waals surface area (Å²) in [5, 5.41) is -0.407. The van der Waals surface area contributed by atoms with Gasteiger partial charge in [-0.05, 0) is 31.4 Å². The summed E-state index contributed by atoms with van der Waals surface area (Å²) >= 11 is 3.56. The fourth-order valence-corrected chi connectivity index (χ4v) is 3.85. The topological polar surface area (TPSA) is 46.2 Å². The molecule has 5 heteroatoms. The zero-order valence-electron chi connectivity index (χ0n) is 9.85. The number of nitrogens with one attached hydrogen (secondary N) is 1. The Labute approximate surface area is 111 Å². The highest BCUT2D eigenvalue weighted by molar-refractivity contribution is 9.09. The number of sulfonamides is 1. The lowest BCUT2D eigenvalue weighted by atomic mass is 10.1. The molecule has 1 aromatic rings. The van der Waals surface area contributed by atoms with Crippen molar-refractivity contribution < 1.29 is 8.42 Å². The minimum absolute atomic E-state index is 0.133. The summed E-state index contributed by atoms with van der Waals surface area (Å²) in [5.41, 5.74) is 2.30. The molecule has 2 unspecified atom stereocenters. The molecule has 0 saturated heterocycles. The zero-order valence-corrected chi connectivity index (χ0v) is 12.3. The number of alkyl halides is 1. The third-order valence-electron chi connectivity index (χ3n) is 3.08. The summed E-state index contributed by atoms with van der Waals surface area (Å²) in [4.78, 5) is 0.133. The van der Waals surface area contributed by atoms with Gasteiger partial charge < -0.3 is 0 Å². The Hall–Kier alpha value is -0.390. The second kappa shape index (κ2) is 4.71. The van der Waals surface area contributed by atoms with Crippen LogP contribution in [0, 0.1) is 0 Å². The van der Waals surface area contributed by atoms with Gasteiger partial charge in [0.15, 0.2) is 0 Å². The van der Waals surface area contributed by atoms with Crippen LogP contribution in [-0.4, -0.2) is 18.5 Å². The Bertz CT molecular complexity index is 513. The van der Waals surface area contributed by atoms with Crippen molar-refractivity contribution in [3.05, 3.63) is 35.4 Å². The standard InChI is InChI=1S/C12H16BrNO2S/c1-8(2)17(15,16)14-12-10-6-4-3-5-9(10)7-11(12)13/h3-6,8,11-12,14H,7H2,1-2H3. The molecular formula is C12H16BrNO2S. The molecule has 0 fully saturated rings. The molecule has 0 aromatic heterocycles. The first-order chi connectivity index (χ1) is 7.92. The monoisotopic (exact) mass is 317 g/mol. The van der Waals surface area contributed by atoms with Crippen LogP contribution in [0.15, 0.2) is 24.3 Å². The lowest BCUT2D eigenvalue weighted by Gasteiger charge is -2.19. The molecule has 0 bridgehead atoms. The number of hydrogen-bond acceptors (Lipinski definition) is 2. The molecular weight excluding hydrogens is 302 g/mol. The summed E-state index contributed by atoms with van der Waals surface area (Å²) in [6, 6.07) is 7.81. The SMILES string of the molecule is CC(C)S(=O)(=O)NC1c2ccccc2CC1Br. The van der Waals surface area contributed by atoms with Gasteiger partial charge in [-0.25, -0.2) is 13.1 Å². The molecule has 1 aromatic carbocycles. The van der Waals surface area contributed by atoms with E-state index in [0.717, 1.165) is 12.0 Å². The van der Waals surface area contributed by atoms with E-state index in [-0.39, 0.29) is 10.9 Å². The first kappa shape index (κ1) is 13.1. The second-order valence-corrected chi connectivity index (χ2v) is 8.05. The Morgan fingerprint density at radius 1 is 1.35 bits per heavy atom. The van der Waals surface area contributed by atoms with E-state index in [0.29, 0.717) is 0 Å². The highest BCUT2D eigenvalue weighted by Crippen LogP contribution is 2.36. The number of hydrogen-bond donors (Lipinski definition) is 1. The Morgan fingerprint density at radius 2 is 2.00 bits per heavy atom. The maximum absolute atomic E-state index is 11.9. The lowest BCUT2D eigenvalue weighted by molar-refractivity contribution is 0.551. The highest BCUT2D eigenvalue weighted by Gasteiger charge is 2.34. The molecule has 0 heterocycles. The molecule has 2 atom stereocenters. The number of fused-ring (bicyclic) bond motifs is 1. The van der Waals surface area contributed by atoms with Crippen molar-refractivity contribution in [2.24, 2.45) is 0 Å². The number of halogens is 1. The predicted molar refractivity (Wildman–Crippen MR) is 72.8 cm³/mol. The Balaban J connectivity index is 2.29.